The topological polar surface area (TPSA) is 67.8 Å². The van der Waals surface area contributed by atoms with Gasteiger partial charge in [-0.2, -0.15) is 0 Å². The fourth-order valence-electron chi connectivity index (χ4n) is 1.36. The van der Waals surface area contributed by atoms with Gasteiger partial charge in [0.15, 0.2) is 0 Å². The Kier molecular flexibility index (Phi) is 3.88. The first kappa shape index (κ1) is 12.9. The fourth-order valence-corrected chi connectivity index (χ4v) is 2.28. The average Bonchev–Trinajstić information content (AvgIpc) is 2.76. The third kappa shape index (κ3) is 3.02. The van der Waals surface area contributed by atoms with E-state index in [4.69, 9.17) is 11.6 Å². The zero-order valence-corrected chi connectivity index (χ0v) is 11.4. The number of amides is 1. The highest BCUT2D eigenvalue weighted by atomic mass is 35.5. The summed E-state index contributed by atoms with van der Waals surface area (Å²) in [6, 6.07) is -0.169. The summed E-state index contributed by atoms with van der Waals surface area (Å²) >= 11 is 7.23. The van der Waals surface area contributed by atoms with E-state index in [1.54, 1.807) is 17.5 Å². The summed E-state index contributed by atoms with van der Waals surface area (Å²) in [4.78, 5) is 24.9. The van der Waals surface area contributed by atoms with E-state index in [0.717, 1.165) is 9.88 Å². The number of aryl methyl sites for hydroxylation is 1. The number of aromatic nitrogens is 3. The molecule has 2 heterocycles. The molecule has 0 bridgehead atoms. The second kappa shape index (κ2) is 5.41. The van der Waals surface area contributed by atoms with Crippen molar-refractivity contribution in [2.45, 2.75) is 19.9 Å². The fraction of sp³-hybridized carbons (Fsp3) is 0.273. The van der Waals surface area contributed by atoms with Gasteiger partial charge in [0.05, 0.1) is 18.4 Å². The number of halogens is 1. The second-order valence-corrected chi connectivity index (χ2v) is 5.38. The van der Waals surface area contributed by atoms with Gasteiger partial charge in [-0.1, -0.05) is 11.6 Å². The van der Waals surface area contributed by atoms with Crippen molar-refractivity contribution >= 4 is 28.8 Å². The molecule has 2 aromatic heterocycles. The van der Waals surface area contributed by atoms with Gasteiger partial charge in [0.2, 0.25) is 0 Å². The molecule has 0 aliphatic carbocycles. The van der Waals surface area contributed by atoms with Crippen molar-refractivity contribution in [3.8, 4) is 0 Å². The Morgan fingerprint density at radius 2 is 2.22 bits per heavy atom. The minimum absolute atomic E-state index is 0.169. The number of nitrogens with zero attached hydrogens (tertiary/aromatic N) is 3. The number of hydrogen-bond acceptors (Lipinski definition) is 5. The van der Waals surface area contributed by atoms with Crippen LogP contribution in [0.3, 0.4) is 0 Å². The number of thiazole rings is 1. The number of hydrogen-bond donors (Lipinski definition) is 1. The summed E-state index contributed by atoms with van der Waals surface area (Å²) in [6.07, 6.45) is 4.54. The maximum atomic E-state index is 11.9. The van der Waals surface area contributed by atoms with Crippen molar-refractivity contribution in [3.05, 3.63) is 39.3 Å². The molecule has 94 valence electrons. The van der Waals surface area contributed by atoms with Crippen molar-refractivity contribution in [1.29, 1.82) is 0 Å². The molecule has 18 heavy (non-hydrogen) atoms. The monoisotopic (exact) mass is 282 g/mol. The van der Waals surface area contributed by atoms with E-state index >= 15 is 0 Å². The summed E-state index contributed by atoms with van der Waals surface area (Å²) in [5, 5.41) is 3.85. The van der Waals surface area contributed by atoms with Gasteiger partial charge in [0.25, 0.3) is 5.91 Å². The first-order chi connectivity index (χ1) is 8.56. The molecule has 0 radical (unpaired) electrons. The van der Waals surface area contributed by atoms with Crippen molar-refractivity contribution < 1.29 is 4.79 Å². The largest absolute Gasteiger partial charge is 0.342 e. The molecule has 1 amide bonds. The molecule has 1 N–H and O–H groups in total. The van der Waals surface area contributed by atoms with Gasteiger partial charge in [0.1, 0.15) is 15.9 Å². The number of carbonyl (C=O) groups excluding carboxylic acids is 1. The van der Waals surface area contributed by atoms with Gasteiger partial charge < -0.3 is 5.32 Å². The number of rotatable bonds is 3. The van der Waals surface area contributed by atoms with Crippen LogP contribution in [-0.2, 0) is 0 Å². The molecule has 0 spiro atoms. The molecule has 1 unspecified atom stereocenters. The summed E-state index contributed by atoms with van der Waals surface area (Å²) < 4.78 is 0. The zero-order valence-electron chi connectivity index (χ0n) is 9.85. The summed E-state index contributed by atoms with van der Waals surface area (Å²) in [6.45, 7) is 3.84. The Balaban J connectivity index is 2.08. The Morgan fingerprint density at radius 3 is 2.83 bits per heavy atom. The maximum Gasteiger partial charge on any atom is 0.272 e. The van der Waals surface area contributed by atoms with Crippen LogP contribution in [0.5, 0.6) is 0 Å². The molecule has 7 heteroatoms. The van der Waals surface area contributed by atoms with Crippen molar-refractivity contribution in [3.63, 3.8) is 0 Å². The normalized spacial score (nSPS) is 12.2. The second-order valence-electron chi connectivity index (χ2n) is 3.73. The average molecular weight is 283 g/mol. The Hall–Kier alpha value is -1.53. The first-order valence-corrected chi connectivity index (χ1v) is 6.46. The third-order valence-corrected chi connectivity index (χ3v) is 3.47. The standard InChI is InChI=1S/C11H11ClN4OS/c1-6-3-14-11(18-6)7(2)15-10(17)8-4-13-5-9(12)16-8/h3-5,7H,1-2H3,(H,15,17). The van der Waals surface area contributed by atoms with E-state index < -0.39 is 0 Å². The van der Waals surface area contributed by atoms with Gasteiger partial charge in [-0.25, -0.2) is 9.97 Å². The summed E-state index contributed by atoms with van der Waals surface area (Å²) in [5.74, 6) is -0.314. The molecule has 0 fully saturated rings. The minimum atomic E-state index is -0.314. The highest BCUT2D eigenvalue weighted by Gasteiger charge is 2.15. The van der Waals surface area contributed by atoms with Gasteiger partial charge in [-0.05, 0) is 13.8 Å². The molecule has 0 aromatic carbocycles. The van der Waals surface area contributed by atoms with E-state index in [-0.39, 0.29) is 22.8 Å². The smallest absolute Gasteiger partial charge is 0.272 e. The quantitative estimate of drug-likeness (QED) is 0.938. The van der Waals surface area contributed by atoms with Crippen LogP contribution in [0, 0.1) is 6.92 Å². The molecular formula is C11H11ClN4OS. The minimum Gasteiger partial charge on any atom is -0.342 e. The third-order valence-electron chi connectivity index (χ3n) is 2.19. The maximum absolute atomic E-state index is 11.9. The van der Waals surface area contributed by atoms with E-state index in [0.29, 0.717) is 0 Å². The van der Waals surface area contributed by atoms with Crippen molar-refractivity contribution in [1.82, 2.24) is 20.3 Å². The molecule has 5 nitrogen and oxygen atoms in total. The highest BCUT2D eigenvalue weighted by Crippen LogP contribution is 2.19. The lowest BCUT2D eigenvalue weighted by Gasteiger charge is -2.10. The van der Waals surface area contributed by atoms with E-state index in [1.165, 1.54) is 12.4 Å². The van der Waals surface area contributed by atoms with Crippen molar-refractivity contribution in [2.75, 3.05) is 0 Å². The SMILES string of the molecule is Cc1cnc(C(C)NC(=O)c2cncc(Cl)n2)s1. The number of nitrogens with one attached hydrogen (secondary N) is 1. The van der Waals surface area contributed by atoms with Gasteiger partial charge in [0, 0.05) is 11.1 Å². The summed E-state index contributed by atoms with van der Waals surface area (Å²) in [5.41, 5.74) is 0.197. The Bertz CT molecular complexity index is 572. The van der Waals surface area contributed by atoms with Crippen LogP contribution in [0.25, 0.3) is 0 Å². The molecule has 1 atom stereocenters. The van der Waals surface area contributed by atoms with Gasteiger partial charge in [-0.3, -0.25) is 9.78 Å². The molecule has 0 saturated heterocycles. The van der Waals surface area contributed by atoms with Crippen LogP contribution in [0.15, 0.2) is 18.6 Å². The van der Waals surface area contributed by atoms with Crippen LogP contribution in [-0.4, -0.2) is 20.9 Å². The predicted octanol–water partition coefficient (Wildman–Crippen LogP) is 2.39. The lowest BCUT2D eigenvalue weighted by molar-refractivity contribution is 0.0934. The van der Waals surface area contributed by atoms with Crippen LogP contribution in [0.1, 0.15) is 33.3 Å². The van der Waals surface area contributed by atoms with E-state index in [1.807, 2.05) is 13.8 Å². The van der Waals surface area contributed by atoms with Crippen LogP contribution in [0.4, 0.5) is 0 Å². The summed E-state index contributed by atoms with van der Waals surface area (Å²) in [7, 11) is 0. The van der Waals surface area contributed by atoms with Crippen molar-refractivity contribution in [2.24, 2.45) is 0 Å². The molecule has 2 aromatic rings. The van der Waals surface area contributed by atoms with Gasteiger partial charge >= 0.3 is 0 Å². The molecular weight excluding hydrogens is 272 g/mol. The number of carbonyl (C=O) groups is 1. The lowest BCUT2D eigenvalue weighted by Crippen LogP contribution is -2.27. The van der Waals surface area contributed by atoms with Crippen LogP contribution < -0.4 is 5.32 Å². The Morgan fingerprint density at radius 1 is 1.44 bits per heavy atom. The highest BCUT2D eigenvalue weighted by molar-refractivity contribution is 7.11. The first-order valence-electron chi connectivity index (χ1n) is 5.27. The molecule has 2 rings (SSSR count). The lowest BCUT2D eigenvalue weighted by atomic mass is 10.3. The van der Waals surface area contributed by atoms with Gasteiger partial charge in [-0.15, -0.1) is 11.3 Å². The van der Waals surface area contributed by atoms with Crippen LogP contribution >= 0.6 is 22.9 Å². The van der Waals surface area contributed by atoms with Crippen LogP contribution in [0.2, 0.25) is 5.15 Å². The Labute approximate surface area is 113 Å². The molecule has 0 aliphatic rings. The predicted molar refractivity (Wildman–Crippen MR) is 69.8 cm³/mol. The molecule has 0 aliphatic heterocycles. The zero-order chi connectivity index (χ0) is 13.1. The molecule has 0 saturated carbocycles. The van der Waals surface area contributed by atoms with E-state index in [9.17, 15) is 4.79 Å². The van der Waals surface area contributed by atoms with E-state index in [2.05, 4.69) is 20.3 Å².